The van der Waals surface area contributed by atoms with E-state index in [1.165, 1.54) is 0 Å². The van der Waals surface area contributed by atoms with Crippen LogP contribution in [0.4, 0.5) is 0 Å². The second kappa shape index (κ2) is 13.6. The average Bonchev–Trinajstić information content (AvgIpc) is 2.76. The summed E-state index contributed by atoms with van der Waals surface area (Å²) in [5.74, 6) is 3.78. The summed E-state index contributed by atoms with van der Waals surface area (Å²) < 4.78 is 26.7. The van der Waals surface area contributed by atoms with Crippen molar-refractivity contribution < 1.29 is 23.7 Å². The highest BCUT2D eigenvalue weighted by Gasteiger charge is 2.05. The monoisotopic (exact) mass is 531 g/mol. The van der Waals surface area contributed by atoms with Crippen LogP contribution in [0.15, 0.2) is 41.4 Å². The van der Waals surface area contributed by atoms with Crippen LogP contribution in [0.1, 0.15) is 12.0 Å². The second-order valence-corrected chi connectivity index (χ2v) is 6.07. The molecule has 30 heavy (non-hydrogen) atoms. The van der Waals surface area contributed by atoms with Gasteiger partial charge in [0.15, 0.2) is 17.5 Å². The molecule has 0 saturated carbocycles. The first-order valence-corrected chi connectivity index (χ1v) is 9.20. The molecule has 0 fully saturated rings. The van der Waals surface area contributed by atoms with Crippen LogP contribution < -0.4 is 34.7 Å². The molecule has 0 unspecified atom stereocenters. The summed E-state index contributed by atoms with van der Waals surface area (Å²) in [6.07, 6.45) is 0.756. The van der Waals surface area contributed by atoms with E-state index in [1.54, 1.807) is 34.5 Å². The van der Waals surface area contributed by atoms with E-state index in [2.05, 4.69) is 10.3 Å². The standard InChI is InChI=1S/C21H29N3O5.HI/c1-25-16-11-17(26-2)13-18(12-16)29-9-5-8-23-21(22)24-14-15-6-7-19(27-3)20(10-15)28-4;/h6-7,10-13H,5,8-9,14H2,1-4H3,(H3,22,23,24);1H. The molecule has 2 aromatic rings. The lowest BCUT2D eigenvalue weighted by Crippen LogP contribution is -2.33. The van der Waals surface area contributed by atoms with Gasteiger partial charge in [-0.15, -0.1) is 24.0 Å². The van der Waals surface area contributed by atoms with Crippen LogP contribution in [-0.2, 0) is 6.54 Å². The molecule has 2 rings (SSSR count). The summed E-state index contributed by atoms with van der Waals surface area (Å²) in [6.45, 7) is 1.61. The van der Waals surface area contributed by atoms with E-state index in [1.807, 2.05) is 30.3 Å². The summed E-state index contributed by atoms with van der Waals surface area (Å²) in [5, 5.41) is 3.08. The highest BCUT2D eigenvalue weighted by molar-refractivity contribution is 14.0. The Morgan fingerprint density at radius 3 is 2.10 bits per heavy atom. The lowest BCUT2D eigenvalue weighted by atomic mass is 10.2. The maximum atomic E-state index is 5.93. The van der Waals surface area contributed by atoms with Gasteiger partial charge in [-0.25, -0.2) is 4.99 Å². The third kappa shape index (κ3) is 8.05. The van der Waals surface area contributed by atoms with Crippen molar-refractivity contribution in [3.05, 3.63) is 42.0 Å². The minimum absolute atomic E-state index is 0. The number of hydrogen-bond donors (Lipinski definition) is 2. The number of nitrogens with zero attached hydrogens (tertiary/aromatic N) is 1. The van der Waals surface area contributed by atoms with Crippen LogP contribution in [0.5, 0.6) is 28.7 Å². The number of guanidine groups is 1. The van der Waals surface area contributed by atoms with Crippen molar-refractivity contribution in [1.82, 2.24) is 5.32 Å². The molecule has 0 radical (unpaired) electrons. The largest absolute Gasteiger partial charge is 0.496 e. The Morgan fingerprint density at radius 2 is 1.50 bits per heavy atom. The fraction of sp³-hybridized carbons (Fsp3) is 0.381. The lowest BCUT2D eigenvalue weighted by molar-refractivity contribution is 0.305. The molecule has 0 aliphatic rings. The Balaban J connectivity index is 0.00000450. The van der Waals surface area contributed by atoms with Gasteiger partial charge in [0.05, 0.1) is 41.6 Å². The van der Waals surface area contributed by atoms with Gasteiger partial charge in [0.1, 0.15) is 17.2 Å². The van der Waals surface area contributed by atoms with Crippen LogP contribution in [0.25, 0.3) is 0 Å². The SMILES string of the molecule is COc1cc(OC)cc(OCCCNC(N)=NCc2ccc(OC)c(OC)c2)c1.I. The average molecular weight is 531 g/mol. The van der Waals surface area contributed by atoms with Gasteiger partial charge in [-0.1, -0.05) is 6.07 Å². The van der Waals surface area contributed by atoms with Gasteiger partial charge in [0.25, 0.3) is 0 Å². The normalized spacial score (nSPS) is 10.6. The van der Waals surface area contributed by atoms with Crippen LogP contribution in [0.3, 0.4) is 0 Å². The van der Waals surface area contributed by atoms with Crippen molar-refractivity contribution in [2.45, 2.75) is 13.0 Å². The van der Waals surface area contributed by atoms with Gasteiger partial charge in [-0.2, -0.15) is 0 Å². The predicted molar refractivity (Wildman–Crippen MR) is 128 cm³/mol. The van der Waals surface area contributed by atoms with Crippen molar-refractivity contribution in [2.75, 3.05) is 41.6 Å². The minimum atomic E-state index is 0. The van der Waals surface area contributed by atoms with Gasteiger partial charge in [0.2, 0.25) is 0 Å². The molecule has 9 heteroatoms. The third-order valence-corrected chi connectivity index (χ3v) is 4.10. The van der Waals surface area contributed by atoms with Crippen molar-refractivity contribution in [3.63, 3.8) is 0 Å². The van der Waals surface area contributed by atoms with Gasteiger partial charge >= 0.3 is 0 Å². The van der Waals surface area contributed by atoms with E-state index in [0.29, 0.717) is 54.4 Å². The van der Waals surface area contributed by atoms with E-state index in [0.717, 1.165) is 12.0 Å². The first-order chi connectivity index (χ1) is 14.1. The third-order valence-electron chi connectivity index (χ3n) is 4.10. The molecule has 166 valence electrons. The number of hydrogen-bond acceptors (Lipinski definition) is 6. The van der Waals surface area contributed by atoms with Crippen LogP contribution in [0.2, 0.25) is 0 Å². The molecule has 0 saturated heterocycles. The maximum Gasteiger partial charge on any atom is 0.188 e. The van der Waals surface area contributed by atoms with Crippen molar-refractivity contribution in [3.8, 4) is 28.7 Å². The number of benzene rings is 2. The molecule has 3 N–H and O–H groups in total. The lowest BCUT2D eigenvalue weighted by Gasteiger charge is -2.11. The number of aliphatic imine (C=N–C) groups is 1. The van der Waals surface area contributed by atoms with E-state index < -0.39 is 0 Å². The Hall–Kier alpha value is -2.56. The topological polar surface area (TPSA) is 96.6 Å². The number of nitrogens with one attached hydrogen (secondary N) is 1. The molecule has 0 spiro atoms. The van der Waals surface area contributed by atoms with Crippen LogP contribution in [-0.4, -0.2) is 47.6 Å². The minimum Gasteiger partial charge on any atom is -0.496 e. The van der Waals surface area contributed by atoms with E-state index >= 15 is 0 Å². The van der Waals surface area contributed by atoms with Crippen molar-refractivity contribution in [1.29, 1.82) is 0 Å². The highest BCUT2D eigenvalue weighted by Crippen LogP contribution is 2.28. The van der Waals surface area contributed by atoms with E-state index in [4.69, 9.17) is 29.4 Å². The fourth-order valence-electron chi connectivity index (χ4n) is 2.55. The van der Waals surface area contributed by atoms with Gasteiger partial charge in [0, 0.05) is 24.7 Å². The quantitative estimate of drug-likeness (QED) is 0.199. The molecule has 0 aromatic heterocycles. The molecule has 8 nitrogen and oxygen atoms in total. The number of ether oxygens (including phenoxy) is 5. The van der Waals surface area contributed by atoms with Crippen molar-refractivity contribution >= 4 is 29.9 Å². The number of nitrogens with two attached hydrogens (primary N) is 1. The zero-order valence-corrected chi connectivity index (χ0v) is 20.1. The molecular weight excluding hydrogens is 501 g/mol. The maximum absolute atomic E-state index is 5.93. The molecular formula is C21H30IN3O5. The Bertz CT molecular complexity index is 795. The van der Waals surface area contributed by atoms with Gasteiger partial charge in [-0.05, 0) is 24.1 Å². The molecule has 2 aromatic carbocycles. The predicted octanol–water partition coefficient (Wildman–Crippen LogP) is 3.21. The van der Waals surface area contributed by atoms with E-state index in [-0.39, 0.29) is 24.0 Å². The van der Waals surface area contributed by atoms with Crippen LogP contribution in [0, 0.1) is 0 Å². The first-order valence-electron chi connectivity index (χ1n) is 9.20. The first kappa shape index (κ1) is 25.5. The summed E-state index contributed by atoms with van der Waals surface area (Å²) in [4.78, 5) is 4.34. The molecule has 0 heterocycles. The van der Waals surface area contributed by atoms with Crippen LogP contribution >= 0.6 is 24.0 Å². The zero-order valence-electron chi connectivity index (χ0n) is 17.8. The van der Waals surface area contributed by atoms with Gasteiger partial charge < -0.3 is 34.7 Å². The Labute approximate surface area is 194 Å². The summed E-state index contributed by atoms with van der Waals surface area (Å²) in [7, 11) is 6.41. The number of rotatable bonds is 11. The fourth-order valence-corrected chi connectivity index (χ4v) is 2.55. The number of halogens is 1. The van der Waals surface area contributed by atoms with E-state index in [9.17, 15) is 0 Å². The Kier molecular flexibility index (Phi) is 11.6. The smallest absolute Gasteiger partial charge is 0.188 e. The van der Waals surface area contributed by atoms with Gasteiger partial charge in [-0.3, -0.25) is 0 Å². The molecule has 0 aliphatic heterocycles. The second-order valence-electron chi connectivity index (χ2n) is 6.07. The summed E-state index contributed by atoms with van der Waals surface area (Å²) >= 11 is 0. The summed E-state index contributed by atoms with van der Waals surface area (Å²) in [5.41, 5.74) is 6.90. The molecule has 0 aliphatic carbocycles. The summed E-state index contributed by atoms with van der Waals surface area (Å²) in [6, 6.07) is 11.1. The molecule has 0 bridgehead atoms. The highest BCUT2D eigenvalue weighted by atomic mass is 127. The number of methoxy groups -OCH3 is 4. The molecule has 0 amide bonds. The zero-order chi connectivity index (χ0) is 21.1. The molecule has 0 atom stereocenters. The van der Waals surface area contributed by atoms with Crippen molar-refractivity contribution in [2.24, 2.45) is 10.7 Å². The Morgan fingerprint density at radius 1 is 0.867 bits per heavy atom.